The second-order valence-electron chi connectivity index (χ2n) is 6.76. The Labute approximate surface area is 151 Å². The fourth-order valence-electron chi connectivity index (χ4n) is 3.57. The van der Waals surface area contributed by atoms with Gasteiger partial charge in [0.2, 0.25) is 0 Å². The number of amides is 1. The molecule has 1 aromatic heterocycles. The van der Waals surface area contributed by atoms with Gasteiger partial charge < -0.3 is 10.1 Å². The van der Waals surface area contributed by atoms with Gasteiger partial charge in [-0.25, -0.2) is 9.18 Å². The highest BCUT2D eigenvalue weighted by molar-refractivity contribution is 5.71. The number of cyclic esters (lactones) is 1. The van der Waals surface area contributed by atoms with Crippen LogP contribution in [-0.4, -0.2) is 11.1 Å². The monoisotopic (exact) mass is 350 g/mol. The minimum absolute atomic E-state index is 0.362. The zero-order valence-corrected chi connectivity index (χ0v) is 14.2. The van der Waals surface area contributed by atoms with Crippen LogP contribution in [0.2, 0.25) is 0 Å². The zero-order valence-electron chi connectivity index (χ0n) is 14.2. The molecule has 2 aromatic rings. The number of aromatic nitrogens is 1. The third-order valence-corrected chi connectivity index (χ3v) is 4.88. The molecule has 4 nitrogen and oxygen atoms in total. The highest BCUT2D eigenvalue weighted by atomic mass is 19.1. The van der Waals surface area contributed by atoms with E-state index in [-0.39, 0.29) is 5.82 Å². The van der Waals surface area contributed by atoms with Gasteiger partial charge in [-0.1, -0.05) is 36.8 Å². The average Bonchev–Trinajstić information content (AvgIpc) is 3.30. The van der Waals surface area contributed by atoms with Gasteiger partial charge in [0, 0.05) is 23.9 Å². The lowest BCUT2D eigenvalue weighted by molar-refractivity contribution is 0.132. The summed E-state index contributed by atoms with van der Waals surface area (Å²) >= 11 is 0. The Kier molecular flexibility index (Phi) is 4.57. The fraction of sp³-hybridized carbons (Fsp3) is 0.333. The number of carbonyl (C=O) groups excluding carboxylic acids is 1. The standard InChI is InChI=1S/C21H19FN2O2/c22-18-7-3-6-16(11-18)20-19(24-21(25)26-20)17-10-15(12-23-13-17)9-8-14-4-1-2-5-14/h3,6-7,10-14,19-20H,1-2,4-5H2,(H,24,25)/t19-,20-/m1/s1. The normalized spacial score (nSPS) is 22.4. The molecule has 1 saturated heterocycles. The molecule has 26 heavy (non-hydrogen) atoms. The van der Waals surface area contributed by atoms with Crippen molar-refractivity contribution in [1.29, 1.82) is 0 Å². The maximum absolute atomic E-state index is 13.6. The fourth-order valence-corrected chi connectivity index (χ4v) is 3.57. The molecular formula is C21H19FN2O2. The molecule has 4 rings (SSSR count). The number of nitrogens with one attached hydrogen (secondary N) is 1. The van der Waals surface area contributed by atoms with Crippen molar-refractivity contribution >= 4 is 6.09 Å². The minimum atomic E-state index is -0.599. The first kappa shape index (κ1) is 16.6. The summed E-state index contributed by atoms with van der Waals surface area (Å²) in [6, 6.07) is 7.60. The van der Waals surface area contributed by atoms with Gasteiger partial charge in [0.25, 0.3) is 0 Å². The van der Waals surface area contributed by atoms with E-state index in [1.807, 2.05) is 6.07 Å². The highest BCUT2D eigenvalue weighted by Gasteiger charge is 2.36. The van der Waals surface area contributed by atoms with Gasteiger partial charge in [0.15, 0.2) is 6.10 Å². The Morgan fingerprint density at radius 2 is 2.00 bits per heavy atom. The van der Waals surface area contributed by atoms with Gasteiger partial charge in [-0.15, -0.1) is 0 Å². The van der Waals surface area contributed by atoms with Crippen LogP contribution in [0, 0.1) is 23.6 Å². The predicted molar refractivity (Wildman–Crippen MR) is 94.6 cm³/mol. The Morgan fingerprint density at radius 1 is 1.15 bits per heavy atom. The molecule has 1 amide bonds. The van der Waals surface area contributed by atoms with Crippen molar-refractivity contribution in [2.24, 2.45) is 5.92 Å². The molecule has 0 bridgehead atoms. The molecule has 2 fully saturated rings. The van der Waals surface area contributed by atoms with Crippen LogP contribution in [0.3, 0.4) is 0 Å². The second-order valence-corrected chi connectivity index (χ2v) is 6.76. The lowest BCUT2D eigenvalue weighted by atomic mass is 9.96. The van der Waals surface area contributed by atoms with Gasteiger partial charge in [-0.05, 0) is 42.2 Å². The van der Waals surface area contributed by atoms with Gasteiger partial charge in [0.1, 0.15) is 11.9 Å². The molecule has 0 unspecified atom stereocenters. The van der Waals surface area contributed by atoms with Crippen LogP contribution in [0.5, 0.6) is 0 Å². The van der Waals surface area contributed by atoms with Crippen molar-refractivity contribution in [3.05, 3.63) is 65.2 Å². The Hall–Kier alpha value is -2.87. The van der Waals surface area contributed by atoms with E-state index in [4.69, 9.17) is 4.74 Å². The van der Waals surface area contributed by atoms with Crippen molar-refractivity contribution in [2.45, 2.75) is 37.8 Å². The van der Waals surface area contributed by atoms with E-state index in [9.17, 15) is 9.18 Å². The number of benzene rings is 1. The van der Waals surface area contributed by atoms with E-state index in [2.05, 4.69) is 22.1 Å². The number of pyridine rings is 1. The molecule has 0 radical (unpaired) electrons. The SMILES string of the molecule is O=C1N[C@H](c2cncc(C#CC3CCCC3)c2)[C@@H](c2cccc(F)c2)O1. The van der Waals surface area contributed by atoms with Crippen LogP contribution in [-0.2, 0) is 4.74 Å². The maximum Gasteiger partial charge on any atom is 0.408 e. The van der Waals surface area contributed by atoms with Crippen LogP contribution in [0.15, 0.2) is 42.7 Å². The van der Waals surface area contributed by atoms with Crippen molar-refractivity contribution in [3.63, 3.8) is 0 Å². The first-order chi connectivity index (χ1) is 12.7. The van der Waals surface area contributed by atoms with Gasteiger partial charge in [-0.2, -0.15) is 0 Å². The summed E-state index contributed by atoms with van der Waals surface area (Å²) in [5.74, 6) is 6.62. The Balaban J connectivity index is 1.60. The molecule has 2 aliphatic rings. The predicted octanol–water partition coefficient (Wildman–Crippen LogP) is 4.28. The van der Waals surface area contributed by atoms with E-state index >= 15 is 0 Å². The first-order valence-corrected chi connectivity index (χ1v) is 8.88. The molecule has 1 aliphatic carbocycles. The molecule has 1 saturated carbocycles. The lowest BCUT2D eigenvalue weighted by Crippen LogP contribution is -2.19. The number of carbonyl (C=O) groups is 1. The molecule has 1 N–H and O–H groups in total. The lowest BCUT2D eigenvalue weighted by Gasteiger charge is -2.17. The topological polar surface area (TPSA) is 51.2 Å². The number of rotatable bonds is 2. The Morgan fingerprint density at radius 3 is 2.81 bits per heavy atom. The highest BCUT2D eigenvalue weighted by Crippen LogP contribution is 2.36. The number of ether oxygens (including phenoxy) is 1. The van der Waals surface area contributed by atoms with Crippen LogP contribution < -0.4 is 5.32 Å². The first-order valence-electron chi connectivity index (χ1n) is 8.88. The zero-order chi connectivity index (χ0) is 17.9. The van der Waals surface area contributed by atoms with Crippen LogP contribution in [0.4, 0.5) is 9.18 Å². The molecule has 2 atom stereocenters. The number of hydrogen-bond acceptors (Lipinski definition) is 3. The number of alkyl carbamates (subject to hydrolysis) is 1. The Bertz CT molecular complexity index is 881. The molecule has 1 aliphatic heterocycles. The van der Waals surface area contributed by atoms with E-state index < -0.39 is 18.2 Å². The van der Waals surface area contributed by atoms with Crippen LogP contribution in [0.25, 0.3) is 0 Å². The number of nitrogens with zero attached hydrogens (tertiary/aromatic N) is 1. The third-order valence-electron chi connectivity index (χ3n) is 4.88. The van der Waals surface area contributed by atoms with Gasteiger partial charge >= 0.3 is 6.09 Å². The van der Waals surface area contributed by atoms with Gasteiger partial charge in [-0.3, -0.25) is 4.98 Å². The van der Waals surface area contributed by atoms with Gasteiger partial charge in [0.05, 0.1) is 0 Å². The summed E-state index contributed by atoms with van der Waals surface area (Å²) in [7, 11) is 0. The van der Waals surface area contributed by atoms with Crippen molar-refractivity contribution in [3.8, 4) is 11.8 Å². The number of halogens is 1. The summed E-state index contributed by atoms with van der Waals surface area (Å²) in [6.45, 7) is 0. The molecule has 2 heterocycles. The summed E-state index contributed by atoms with van der Waals surface area (Å²) < 4.78 is 18.9. The second kappa shape index (κ2) is 7.17. The van der Waals surface area contributed by atoms with E-state index in [1.165, 1.54) is 25.0 Å². The quantitative estimate of drug-likeness (QED) is 0.822. The van der Waals surface area contributed by atoms with Crippen molar-refractivity contribution < 1.29 is 13.9 Å². The van der Waals surface area contributed by atoms with E-state index in [1.54, 1.807) is 24.5 Å². The third kappa shape index (κ3) is 3.55. The van der Waals surface area contributed by atoms with E-state index in [0.717, 1.165) is 24.0 Å². The van der Waals surface area contributed by atoms with Crippen LogP contribution >= 0.6 is 0 Å². The molecule has 132 valence electrons. The minimum Gasteiger partial charge on any atom is -0.439 e. The molecule has 1 aromatic carbocycles. The summed E-state index contributed by atoms with van der Waals surface area (Å²) in [4.78, 5) is 16.1. The molecule has 0 spiro atoms. The molecular weight excluding hydrogens is 331 g/mol. The summed E-state index contributed by atoms with van der Waals surface area (Å²) in [5.41, 5.74) is 2.22. The smallest absolute Gasteiger partial charge is 0.408 e. The number of hydrogen-bond donors (Lipinski definition) is 1. The molecule has 5 heteroatoms. The van der Waals surface area contributed by atoms with Crippen LogP contribution in [0.1, 0.15) is 54.5 Å². The average molecular weight is 350 g/mol. The van der Waals surface area contributed by atoms with Crippen molar-refractivity contribution in [1.82, 2.24) is 10.3 Å². The summed E-state index contributed by atoms with van der Waals surface area (Å²) in [6.07, 6.45) is 7.11. The van der Waals surface area contributed by atoms with Crippen molar-refractivity contribution in [2.75, 3.05) is 0 Å². The summed E-state index contributed by atoms with van der Waals surface area (Å²) in [5, 5.41) is 2.79. The largest absolute Gasteiger partial charge is 0.439 e. The maximum atomic E-state index is 13.6. The van der Waals surface area contributed by atoms with E-state index in [0.29, 0.717) is 11.5 Å².